The summed E-state index contributed by atoms with van der Waals surface area (Å²) in [4.78, 5) is 48.2. The van der Waals surface area contributed by atoms with Crippen molar-refractivity contribution in [3.05, 3.63) is 64.7 Å². The number of carboxylic acids is 1. The molecule has 2 aromatic carbocycles. The molecular weight excluding hydrogens is 539 g/mol. The van der Waals surface area contributed by atoms with E-state index in [0.29, 0.717) is 60.2 Å². The fourth-order valence-electron chi connectivity index (χ4n) is 3.66. The highest BCUT2D eigenvalue weighted by atomic mass is 35.5. The van der Waals surface area contributed by atoms with Crippen molar-refractivity contribution in [1.82, 2.24) is 10.2 Å². The highest BCUT2D eigenvalue weighted by Gasteiger charge is 2.38. The second-order valence-corrected chi connectivity index (χ2v) is 9.82. The van der Waals surface area contributed by atoms with Crippen LogP contribution in [0.15, 0.2) is 48.5 Å². The van der Waals surface area contributed by atoms with Crippen molar-refractivity contribution in [3.63, 3.8) is 0 Å². The summed E-state index contributed by atoms with van der Waals surface area (Å²) in [7, 11) is 0. The van der Waals surface area contributed by atoms with E-state index in [1.807, 2.05) is 0 Å². The van der Waals surface area contributed by atoms with E-state index in [0.717, 1.165) is 6.42 Å². The minimum atomic E-state index is -5.08. The largest absolute Gasteiger partial charge is 0.490 e. The van der Waals surface area contributed by atoms with Gasteiger partial charge in [0.2, 0.25) is 5.91 Å². The number of hydrogen-bond acceptors (Lipinski definition) is 4. The van der Waals surface area contributed by atoms with E-state index < -0.39 is 12.1 Å². The lowest BCUT2D eigenvalue weighted by atomic mass is 9.95. The number of nitrogens with one attached hydrogen (secondary N) is 2. The van der Waals surface area contributed by atoms with Crippen LogP contribution in [0.3, 0.4) is 0 Å². The number of nitrogens with zero attached hydrogens (tertiary/aromatic N) is 1. The third kappa shape index (κ3) is 10.6. The number of piperidine rings is 1. The van der Waals surface area contributed by atoms with Gasteiger partial charge in [0.1, 0.15) is 0 Å². The van der Waals surface area contributed by atoms with Gasteiger partial charge < -0.3 is 20.6 Å². The number of carbonyl (C=O) groups is 4. The van der Waals surface area contributed by atoms with Crippen LogP contribution in [0, 0.1) is 11.8 Å². The smallest absolute Gasteiger partial charge is 0.475 e. The zero-order valence-corrected chi connectivity index (χ0v) is 22.3. The number of carboxylic acid groups (broad SMARTS) is 1. The van der Waals surface area contributed by atoms with Crippen molar-refractivity contribution >= 4 is 41.0 Å². The third-order valence-electron chi connectivity index (χ3n) is 5.91. The fourth-order valence-corrected chi connectivity index (χ4v) is 3.78. The zero-order valence-electron chi connectivity index (χ0n) is 21.6. The highest BCUT2D eigenvalue weighted by molar-refractivity contribution is 6.30. The Labute approximate surface area is 229 Å². The molecule has 1 heterocycles. The molecule has 3 rings (SSSR count). The van der Waals surface area contributed by atoms with Crippen molar-refractivity contribution in [2.75, 3.05) is 25.0 Å². The van der Waals surface area contributed by atoms with Crippen molar-refractivity contribution in [2.45, 2.75) is 39.3 Å². The summed E-state index contributed by atoms with van der Waals surface area (Å²) >= 11 is 5.85. The normalized spacial score (nSPS) is 13.8. The van der Waals surface area contributed by atoms with Crippen molar-refractivity contribution < 1.29 is 37.5 Å². The fraction of sp³-hybridized carbons (Fsp3) is 0.407. The molecule has 1 aliphatic heterocycles. The Balaban J connectivity index is 0.000000673. The Morgan fingerprint density at radius 1 is 0.974 bits per heavy atom. The molecule has 1 saturated heterocycles. The van der Waals surface area contributed by atoms with E-state index in [-0.39, 0.29) is 23.6 Å². The van der Waals surface area contributed by atoms with E-state index in [4.69, 9.17) is 21.5 Å². The maximum atomic E-state index is 12.8. The number of anilines is 1. The van der Waals surface area contributed by atoms with Gasteiger partial charge in [0.15, 0.2) is 0 Å². The summed E-state index contributed by atoms with van der Waals surface area (Å²) in [6.45, 7) is 6.11. The van der Waals surface area contributed by atoms with Crippen LogP contribution in [0.4, 0.5) is 18.9 Å². The average molecular weight is 570 g/mol. The van der Waals surface area contributed by atoms with E-state index in [2.05, 4.69) is 24.5 Å². The summed E-state index contributed by atoms with van der Waals surface area (Å²) in [5.41, 5.74) is 1.68. The maximum Gasteiger partial charge on any atom is 0.490 e. The Bertz CT molecular complexity index is 1130. The monoisotopic (exact) mass is 569 g/mol. The SMILES string of the molecule is CC(C)CCNC(=O)C1CCN(C(=O)c2ccc(NC(=O)c3ccc(Cl)cc3)cc2)CC1.O=C(O)C(F)(F)F. The standard InChI is InChI=1S/C25H30ClN3O3.C2HF3O2/c1-17(2)11-14-27-23(30)19-12-15-29(16-13-19)25(32)20-5-9-22(10-6-20)28-24(31)18-3-7-21(26)8-4-18;3-2(4,5)1(6)7/h3-10,17,19H,11-16H2,1-2H3,(H,27,30)(H,28,31);(H,6,7). The molecule has 0 unspecified atom stereocenters. The molecule has 212 valence electrons. The van der Waals surface area contributed by atoms with Crippen LogP contribution in [0.1, 0.15) is 53.8 Å². The summed E-state index contributed by atoms with van der Waals surface area (Å²) in [5, 5.41) is 13.5. The van der Waals surface area contributed by atoms with Gasteiger partial charge in [-0.05, 0) is 73.7 Å². The number of hydrogen-bond donors (Lipinski definition) is 3. The topological polar surface area (TPSA) is 116 Å². The van der Waals surface area contributed by atoms with Crippen molar-refractivity contribution in [1.29, 1.82) is 0 Å². The second-order valence-electron chi connectivity index (χ2n) is 9.38. The molecule has 1 aliphatic rings. The van der Waals surface area contributed by atoms with Crippen LogP contribution in [-0.2, 0) is 9.59 Å². The molecule has 39 heavy (non-hydrogen) atoms. The molecule has 0 atom stereocenters. The molecule has 0 aliphatic carbocycles. The first kappa shape index (κ1) is 31.6. The van der Waals surface area contributed by atoms with Crippen LogP contribution in [0.5, 0.6) is 0 Å². The number of carbonyl (C=O) groups excluding carboxylic acids is 3. The van der Waals surface area contributed by atoms with Gasteiger partial charge in [-0.15, -0.1) is 0 Å². The van der Waals surface area contributed by atoms with Crippen LogP contribution in [0.2, 0.25) is 5.02 Å². The Morgan fingerprint density at radius 3 is 1.97 bits per heavy atom. The molecule has 3 N–H and O–H groups in total. The van der Waals surface area contributed by atoms with Crippen LogP contribution >= 0.6 is 11.6 Å². The van der Waals surface area contributed by atoms with Crippen LogP contribution in [-0.4, -0.2) is 59.5 Å². The molecular formula is C27H31ClF3N3O5. The van der Waals surface area contributed by atoms with Gasteiger partial charge in [0.05, 0.1) is 0 Å². The van der Waals surface area contributed by atoms with E-state index in [9.17, 15) is 27.6 Å². The average Bonchev–Trinajstić information content (AvgIpc) is 2.88. The minimum absolute atomic E-state index is 0.0309. The number of benzene rings is 2. The predicted octanol–water partition coefficient (Wildman–Crippen LogP) is 5.24. The molecule has 0 bridgehead atoms. The van der Waals surface area contributed by atoms with Gasteiger partial charge in [0, 0.05) is 47.4 Å². The van der Waals surface area contributed by atoms with Gasteiger partial charge in [0.25, 0.3) is 11.8 Å². The highest BCUT2D eigenvalue weighted by Crippen LogP contribution is 2.21. The number of aliphatic carboxylic acids is 1. The van der Waals surface area contributed by atoms with E-state index >= 15 is 0 Å². The van der Waals surface area contributed by atoms with Gasteiger partial charge in [-0.25, -0.2) is 4.79 Å². The molecule has 0 radical (unpaired) electrons. The Hall–Kier alpha value is -3.60. The molecule has 0 saturated carbocycles. The van der Waals surface area contributed by atoms with Gasteiger partial charge in [-0.3, -0.25) is 14.4 Å². The summed E-state index contributed by atoms with van der Waals surface area (Å²) in [6, 6.07) is 13.5. The van der Waals surface area contributed by atoms with E-state index in [1.54, 1.807) is 53.4 Å². The van der Waals surface area contributed by atoms with Gasteiger partial charge in [-0.2, -0.15) is 13.2 Å². The lowest BCUT2D eigenvalue weighted by Gasteiger charge is -2.31. The minimum Gasteiger partial charge on any atom is -0.475 e. The first-order valence-corrected chi connectivity index (χ1v) is 12.7. The Morgan fingerprint density at radius 2 is 1.49 bits per heavy atom. The summed E-state index contributed by atoms with van der Waals surface area (Å²) < 4.78 is 31.7. The first-order chi connectivity index (χ1) is 18.3. The zero-order chi connectivity index (χ0) is 29.2. The number of halogens is 4. The lowest BCUT2D eigenvalue weighted by molar-refractivity contribution is -0.192. The van der Waals surface area contributed by atoms with E-state index in [1.165, 1.54) is 0 Å². The predicted molar refractivity (Wildman–Crippen MR) is 141 cm³/mol. The third-order valence-corrected chi connectivity index (χ3v) is 6.16. The molecule has 0 aromatic heterocycles. The number of likely N-dealkylation sites (tertiary alicyclic amines) is 1. The summed E-state index contributed by atoms with van der Waals surface area (Å²) in [6.07, 6.45) is -2.76. The second kappa shape index (κ2) is 14.5. The van der Waals surface area contributed by atoms with Gasteiger partial charge >= 0.3 is 12.1 Å². The molecule has 12 heteroatoms. The van der Waals surface area contributed by atoms with Gasteiger partial charge in [-0.1, -0.05) is 25.4 Å². The molecule has 0 spiro atoms. The molecule has 8 nitrogen and oxygen atoms in total. The molecule has 3 amide bonds. The molecule has 1 fully saturated rings. The van der Waals surface area contributed by atoms with Crippen LogP contribution in [0.25, 0.3) is 0 Å². The maximum absolute atomic E-state index is 12.8. The quantitative estimate of drug-likeness (QED) is 0.422. The van der Waals surface area contributed by atoms with Crippen LogP contribution < -0.4 is 10.6 Å². The first-order valence-electron chi connectivity index (χ1n) is 12.3. The number of rotatable bonds is 7. The van der Waals surface area contributed by atoms with Crippen molar-refractivity contribution in [2.24, 2.45) is 11.8 Å². The number of amides is 3. The van der Waals surface area contributed by atoms with Crippen molar-refractivity contribution in [3.8, 4) is 0 Å². The number of alkyl halides is 3. The summed E-state index contributed by atoms with van der Waals surface area (Å²) in [5.74, 6) is -2.43. The Kier molecular flexibility index (Phi) is 11.8. The molecule has 2 aromatic rings. The lowest BCUT2D eigenvalue weighted by Crippen LogP contribution is -2.43.